The van der Waals surface area contributed by atoms with Crippen LogP contribution in [0.1, 0.15) is 53.5 Å². The van der Waals surface area contributed by atoms with Crippen molar-refractivity contribution in [2.75, 3.05) is 7.11 Å². The normalized spacial score (nSPS) is 12.1. The maximum atomic E-state index is 13.4. The number of ether oxygens (including phenoxy) is 2. The van der Waals surface area contributed by atoms with Gasteiger partial charge >= 0.3 is 5.97 Å². The van der Waals surface area contributed by atoms with E-state index in [9.17, 15) is 9.59 Å². The zero-order valence-corrected chi connectivity index (χ0v) is 24.1. The molecule has 0 saturated carbocycles. The molecule has 196 valence electrons. The first-order valence-corrected chi connectivity index (χ1v) is 13.4. The third-order valence-corrected chi connectivity index (χ3v) is 7.26. The van der Waals surface area contributed by atoms with Crippen molar-refractivity contribution in [3.8, 4) is 11.5 Å². The Balaban J connectivity index is 1.66. The van der Waals surface area contributed by atoms with Crippen molar-refractivity contribution in [1.82, 2.24) is 9.66 Å². The van der Waals surface area contributed by atoms with Crippen LogP contribution in [0.2, 0.25) is 0 Å². The Morgan fingerprint density at radius 1 is 1.13 bits per heavy atom. The summed E-state index contributed by atoms with van der Waals surface area (Å²) in [5, 5.41) is 14.1. The van der Waals surface area contributed by atoms with E-state index in [1.165, 1.54) is 23.9 Å². The van der Waals surface area contributed by atoms with E-state index in [1.807, 2.05) is 26.0 Å². The van der Waals surface area contributed by atoms with Gasteiger partial charge in [0.05, 0.1) is 29.8 Å². The fourth-order valence-electron chi connectivity index (χ4n) is 3.73. The number of fused-ring (bicyclic) bond motifs is 1. The number of halogens is 2. The first kappa shape index (κ1) is 27.5. The van der Waals surface area contributed by atoms with Gasteiger partial charge in [0.15, 0.2) is 11.5 Å². The number of carboxylic acid groups (broad SMARTS) is 1. The molecule has 4 rings (SSSR count). The van der Waals surface area contributed by atoms with Gasteiger partial charge < -0.3 is 14.6 Å². The Morgan fingerprint density at radius 3 is 2.53 bits per heavy atom. The van der Waals surface area contributed by atoms with Gasteiger partial charge in [-0.3, -0.25) is 4.79 Å². The zero-order valence-electron chi connectivity index (χ0n) is 20.9. The molecule has 1 atom stereocenters. The summed E-state index contributed by atoms with van der Waals surface area (Å²) in [4.78, 5) is 29.2. The lowest BCUT2D eigenvalue weighted by Gasteiger charge is -2.15. The Hall–Kier alpha value is -3.50. The molecule has 0 spiro atoms. The van der Waals surface area contributed by atoms with Gasteiger partial charge in [-0.1, -0.05) is 41.9 Å². The fourth-order valence-corrected chi connectivity index (χ4v) is 4.51. The standard InChI is InChI=1S/C28H25Br2N3O5/c1-4-16(2)26-32-23-10-9-20(29)12-21(23)27(34)33(26)31-14-19-11-24(37-3)25(13-22(19)30)38-15-17-5-7-18(8-6-17)28(35)36/h5-14,16H,4,15H2,1-3H3,(H,35,36)/t16-/m0/s1. The van der Waals surface area contributed by atoms with Crippen LogP contribution in [0.5, 0.6) is 11.5 Å². The maximum absolute atomic E-state index is 13.4. The van der Waals surface area contributed by atoms with Gasteiger partial charge in [0, 0.05) is 20.4 Å². The van der Waals surface area contributed by atoms with Crippen LogP contribution in [-0.2, 0) is 6.61 Å². The van der Waals surface area contributed by atoms with Crippen LogP contribution < -0.4 is 15.0 Å². The number of nitrogens with zero attached hydrogens (tertiary/aromatic N) is 3. The predicted octanol–water partition coefficient (Wildman–Crippen LogP) is 6.60. The van der Waals surface area contributed by atoms with Gasteiger partial charge in [0.2, 0.25) is 0 Å². The topological polar surface area (TPSA) is 103 Å². The highest BCUT2D eigenvalue weighted by Crippen LogP contribution is 2.33. The van der Waals surface area contributed by atoms with Gasteiger partial charge in [-0.15, -0.1) is 0 Å². The van der Waals surface area contributed by atoms with E-state index in [0.717, 1.165) is 16.5 Å². The quantitative estimate of drug-likeness (QED) is 0.206. The Labute approximate surface area is 236 Å². The summed E-state index contributed by atoms with van der Waals surface area (Å²) in [5.74, 6) is 0.596. The molecule has 3 aromatic carbocycles. The molecule has 0 saturated heterocycles. The molecule has 0 unspecified atom stereocenters. The van der Waals surface area contributed by atoms with E-state index in [0.29, 0.717) is 38.3 Å². The minimum Gasteiger partial charge on any atom is -0.493 e. The summed E-state index contributed by atoms with van der Waals surface area (Å²) in [5.41, 5.74) is 2.08. The van der Waals surface area contributed by atoms with E-state index in [2.05, 4.69) is 37.0 Å². The first-order chi connectivity index (χ1) is 18.2. The van der Waals surface area contributed by atoms with Crippen LogP contribution in [0.25, 0.3) is 10.9 Å². The van der Waals surface area contributed by atoms with Crippen LogP contribution in [0.3, 0.4) is 0 Å². The second kappa shape index (κ2) is 11.9. The molecule has 4 aromatic rings. The number of benzene rings is 3. The molecule has 0 amide bonds. The van der Waals surface area contributed by atoms with Gasteiger partial charge in [-0.2, -0.15) is 9.78 Å². The van der Waals surface area contributed by atoms with Crippen LogP contribution in [-0.4, -0.2) is 34.1 Å². The van der Waals surface area contributed by atoms with Crippen LogP contribution >= 0.6 is 31.9 Å². The van der Waals surface area contributed by atoms with Crippen molar-refractivity contribution < 1.29 is 19.4 Å². The minimum atomic E-state index is -0.980. The Bertz CT molecular complexity index is 1580. The van der Waals surface area contributed by atoms with E-state index in [-0.39, 0.29) is 23.6 Å². The summed E-state index contributed by atoms with van der Waals surface area (Å²) in [7, 11) is 1.54. The van der Waals surface area contributed by atoms with Crippen molar-refractivity contribution in [1.29, 1.82) is 0 Å². The first-order valence-electron chi connectivity index (χ1n) is 11.8. The third-order valence-electron chi connectivity index (χ3n) is 6.08. The zero-order chi connectivity index (χ0) is 27.4. The SMILES string of the molecule is CC[C@H](C)c1nc2ccc(Br)cc2c(=O)n1N=Cc1cc(OC)c(OCc2ccc(C(=O)O)cc2)cc1Br. The van der Waals surface area contributed by atoms with Gasteiger partial charge in [-0.05, 0) is 70.4 Å². The van der Waals surface area contributed by atoms with Crippen LogP contribution in [0, 0.1) is 0 Å². The van der Waals surface area contributed by atoms with Crippen molar-refractivity contribution in [2.45, 2.75) is 32.8 Å². The summed E-state index contributed by atoms with van der Waals surface area (Å²) >= 11 is 6.99. The van der Waals surface area contributed by atoms with E-state index in [4.69, 9.17) is 19.6 Å². The second-order valence-electron chi connectivity index (χ2n) is 8.62. The predicted molar refractivity (Wildman–Crippen MR) is 154 cm³/mol. The molecule has 1 aromatic heterocycles. The Morgan fingerprint density at radius 2 is 1.87 bits per heavy atom. The van der Waals surface area contributed by atoms with Crippen LogP contribution in [0.4, 0.5) is 0 Å². The summed E-state index contributed by atoms with van der Waals surface area (Å²) < 4.78 is 14.3. The highest BCUT2D eigenvalue weighted by atomic mass is 79.9. The van der Waals surface area contributed by atoms with Crippen molar-refractivity contribution in [3.63, 3.8) is 0 Å². The molecule has 0 aliphatic carbocycles. The Kier molecular flexibility index (Phi) is 8.63. The monoisotopic (exact) mass is 641 g/mol. The number of aromatic carboxylic acids is 1. The summed E-state index contributed by atoms with van der Waals surface area (Å²) in [6, 6.07) is 15.4. The average molecular weight is 643 g/mol. The average Bonchev–Trinajstić information content (AvgIpc) is 2.92. The number of hydrogen-bond donors (Lipinski definition) is 1. The summed E-state index contributed by atoms with van der Waals surface area (Å²) in [6.45, 7) is 4.28. The smallest absolute Gasteiger partial charge is 0.335 e. The number of aromatic nitrogens is 2. The molecule has 10 heteroatoms. The van der Waals surface area contributed by atoms with E-state index in [1.54, 1.807) is 36.5 Å². The third kappa shape index (κ3) is 5.97. The number of carbonyl (C=O) groups is 1. The number of hydrogen-bond acceptors (Lipinski definition) is 6. The lowest BCUT2D eigenvalue weighted by molar-refractivity contribution is 0.0697. The molecule has 0 aliphatic rings. The lowest BCUT2D eigenvalue weighted by atomic mass is 10.1. The van der Waals surface area contributed by atoms with Gasteiger partial charge in [0.1, 0.15) is 12.4 Å². The van der Waals surface area contributed by atoms with Crippen molar-refractivity contribution in [2.24, 2.45) is 5.10 Å². The van der Waals surface area contributed by atoms with Crippen molar-refractivity contribution in [3.05, 3.63) is 96.4 Å². The highest BCUT2D eigenvalue weighted by Gasteiger charge is 2.16. The largest absolute Gasteiger partial charge is 0.493 e. The second-order valence-corrected chi connectivity index (χ2v) is 10.4. The molecule has 0 aliphatic heterocycles. The maximum Gasteiger partial charge on any atom is 0.335 e. The minimum absolute atomic E-state index is 0.0196. The number of rotatable bonds is 9. The molecule has 1 N–H and O–H groups in total. The van der Waals surface area contributed by atoms with Gasteiger partial charge in [0.25, 0.3) is 5.56 Å². The molecule has 0 radical (unpaired) electrons. The highest BCUT2D eigenvalue weighted by molar-refractivity contribution is 9.10. The molecule has 1 heterocycles. The molecular formula is C28H25Br2N3O5. The van der Waals surface area contributed by atoms with Gasteiger partial charge in [-0.25, -0.2) is 9.78 Å². The number of carboxylic acids is 1. The van der Waals surface area contributed by atoms with E-state index < -0.39 is 5.97 Å². The fraction of sp³-hybridized carbons (Fsp3) is 0.214. The number of methoxy groups -OCH3 is 1. The molecule has 8 nitrogen and oxygen atoms in total. The van der Waals surface area contributed by atoms with E-state index >= 15 is 0 Å². The molecular weight excluding hydrogens is 618 g/mol. The van der Waals surface area contributed by atoms with Crippen molar-refractivity contribution >= 4 is 54.9 Å². The molecule has 0 bridgehead atoms. The molecule has 38 heavy (non-hydrogen) atoms. The van der Waals surface area contributed by atoms with Crippen LogP contribution in [0.15, 0.2) is 73.4 Å². The molecule has 0 fully saturated rings. The lowest BCUT2D eigenvalue weighted by Crippen LogP contribution is -2.23. The summed E-state index contributed by atoms with van der Waals surface area (Å²) in [6.07, 6.45) is 2.38.